The summed E-state index contributed by atoms with van der Waals surface area (Å²) in [5.74, 6) is -0.286. The third-order valence-corrected chi connectivity index (χ3v) is 4.43. The van der Waals surface area contributed by atoms with Crippen LogP contribution in [-0.4, -0.2) is 22.5 Å². The molecular formula is C18H20N2O3. The highest BCUT2D eigenvalue weighted by molar-refractivity contribution is 5.94. The van der Waals surface area contributed by atoms with Crippen LogP contribution in [0.2, 0.25) is 0 Å². The van der Waals surface area contributed by atoms with Gasteiger partial charge in [-0.25, -0.2) is 0 Å². The van der Waals surface area contributed by atoms with E-state index in [4.69, 9.17) is 0 Å². The van der Waals surface area contributed by atoms with Gasteiger partial charge in [-0.15, -0.1) is 0 Å². The van der Waals surface area contributed by atoms with Crippen LogP contribution in [0, 0.1) is 12.3 Å². The Morgan fingerprint density at radius 3 is 2.61 bits per heavy atom. The molecule has 1 aromatic heterocycles. The Balaban J connectivity index is 1.68. The van der Waals surface area contributed by atoms with E-state index in [1.54, 1.807) is 13.0 Å². The van der Waals surface area contributed by atoms with Crippen molar-refractivity contribution < 1.29 is 9.90 Å². The van der Waals surface area contributed by atoms with Crippen LogP contribution in [-0.2, 0) is 0 Å². The molecule has 5 nitrogen and oxygen atoms in total. The first-order valence-electron chi connectivity index (χ1n) is 7.72. The van der Waals surface area contributed by atoms with Gasteiger partial charge in [0.25, 0.3) is 5.91 Å². The lowest BCUT2D eigenvalue weighted by Gasteiger charge is -2.23. The van der Waals surface area contributed by atoms with Crippen molar-refractivity contribution in [1.82, 2.24) is 10.3 Å². The Kier molecular flexibility index (Phi) is 4.05. The molecule has 1 amide bonds. The molecule has 1 atom stereocenters. The first-order chi connectivity index (χ1) is 11.0. The molecule has 1 aliphatic carbocycles. The molecule has 1 aliphatic rings. The number of carbonyl (C=O) groups is 1. The van der Waals surface area contributed by atoms with Gasteiger partial charge in [-0.2, -0.15) is 0 Å². The molecule has 1 heterocycles. The lowest BCUT2D eigenvalue weighted by atomic mass is 9.92. The molecule has 0 bridgehead atoms. The highest BCUT2D eigenvalue weighted by Gasteiger charge is 2.49. The summed E-state index contributed by atoms with van der Waals surface area (Å²) in [7, 11) is 0. The molecule has 1 aromatic carbocycles. The number of benzene rings is 1. The maximum atomic E-state index is 12.2. The maximum Gasteiger partial charge on any atom is 0.251 e. The number of aryl methyl sites for hydroxylation is 1. The molecule has 1 unspecified atom stereocenters. The molecule has 0 spiro atoms. The minimum absolute atomic E-state index is 0.286. The first kappa shape index (κ1) is 15.5. The van der Waals surface area contributed by atoms with Gasteiger partial charge in [0.05, 0.1) is 6.10 Å². The lowest BCUT2D eigenvalue weighted by Crippen LogP contribution is -2.33. The van der Waals surface area contributed by atoms with Crippen LogP contribution in [0.1, 0.15) is 40.6 Å². The van der Waals surface area contributed by atoms with E-state index in [9.17, 15) is 14.7 Å². The Hall–Kier alpha value is -2.40. The van der Waals surface area contributed by atoms with Crippen molar-refractivity contribution in [3.8, 4) is 0 Å². The number of aliphatic hydroxyl groups is 1. The highest BCUT2D eigenvalue weighted by Crippen LogP contribution is 2.54. The predicted molar refractivity (Wildman–Crippen MR) is 87.2 cm³/mol. The average molecular weight is 312 g/mol. The fraction of sp³-hybridized carbons (Fsp3) is 0.333. The first-order valence-corrected chi connectivity index (χ1v) is 7.72. The second kappa shape index (κ2) is 6.01. The number of H-pyrrole nitrogens is 1. The lowest BCUT2D eigenvalue weighted by molar-refractivity contribution is 0.0807. The van der Waals surface area contributed by atoms with E-state index < -0.39 is 6.10 Å². The number of rotatable bonds is 5. The number of hydrogen-bond acceptors (Lipinski definition) is 3. The topological polar surface area (TPSA) is 82.2 Å². The molecule has 3 rings (SSSR count). The Morgan fingerprint density at radius 2 is 2.00 bits per heavy atom. The molecule has 5 heteroatoms. The van der Waals surface area contributed by atoms with Crippen LogP contribution in [0.15, 0.2) is 47.3 Å². The molecule has 120 valence electrons. The summed E-state index contributed by atoms with van der Waals surface area (Å²) in [6.45, 7) is 2.13. The van der Waals surface area contributed by atoms with Crippen molar-refractivity contribution in [2.45, 2.75) is 25.9 Å². The molecule has 23 heavy (non-hydrogen) atoms. The maximum absolute atomic E-state index is 12.2. The van der Waals surface area contributed by atoms with Gasteiger partial charge in [0.2, 0.25) is 5.56 Å². The minimum Gasteiger partial charge on any atom is -0.388 e. The molecule has 1 fully saturated rings. The molecular weight excluding hydrogens is 292 g/mol. The SMILES string of the molecule is Cc1cc(C(=O)NCC2(C(O)c3ccccc3)CC2)cc(=O)[nH]1. The van der Waals surface area contributed by atoms with Crippen molar-refractivity contribution in [2.24, 2.45) is 5.41 Å². The Bertz CT molecular complexity index is 763. The second-order valence-electron chi connectivity index (χ2n) is 6.27. The fourth-order valence-corrected chi connectivity index (χ4v) is 2.87. The number of aliphatic hydroxyl groups excluding tert-OH is 1. The van der Waals surface area contributed by atoms with E-state index in [0.29, 0.717) is 17.8 Å². The number of pyridine rings is 1. The summed E-state index contributed by atoms with van der Waals surface area (Å²) < 4.78 is 0. The van der Waals surface area contributed by atoms with Crippen LogP contribution in [0.3, 0.4) is 0 Å². The van der Waals surface area contributed by atoms with Crippen LogP contribution in [0.4, 0.5) is 0 Å². The number of aromatic amines is 1. The van der Waals surface area contributed by atoms with E-state index in [1.165, 1.54) is 6.07 Å². The van der Waals surface area contributed by atoms with Crippen molar-refractivity contribution >= 4 is 5.91 Å². The summed E-state index contributed by atoms with van der Waals surface area (Å²) in [6, 6.07) is 12.4. The standard InChI is InChI=1S/C18H20N2O3/c1-12-9-14(10-15(21)20-12)17(23)19-11-18(7-8-18)16(22)13-5-3-2-4-6-13/h2-6,9-10,16,22H,7-8,11H2,1H3,(H,19,23)(H,20,21). The van der Waals surface area contributed by atoms with Crippen molar-refractivity contribution in [3.63, 3.8) is 0 Å². The third-order valence-electron chi connectivity index (χ3n) is 4.43. The number of hydrogen-bond donors (Lipinski definition) is 3. The molecule has 0 aliphatic heterocycles. The zero-order valence-corrected chi connectivity index (χ0v) is 13.0. The number of aromatic nitrogens is 1. The van der Waals surface area contributed by atoms with Crippen LogP contribution in [0.5, 0.6) is 0 Å². The number of nitrogens with one attached hydrogen (secondary N) is 2. The number of carbonyl (C=O) groups excluding carboxylic acids is 1. The summed E-state index contributed by atoms with van der Waals surface area (Å²) in [4.78, 5) is 26.3. The van der Waals surface area contributed by atoms with E-state index in [0.717, 1.165) is 18.4 Å². The van der Waals surface area contributed by atoms with E-state index in [-0.39, 0.29) is 16.9 Å². The predicted octanol–water partition coefficient (Wildman–Crippen LogP) is 1.93. The third kappa shape index (κ3) is 3.35. The largest absolute Gasteiger partial charge is 0.388 e. The van der Waals surface area contributed by atoms with Gasteiger partial charge in [-0.3, -0.25) is 9.59 Å². The zero-order chi connectivity index (χ0) is 16.4. The van der Waals surface area contributed by atoms with Crippen LogP contribution < -0.4 is 10.9 Å². The van der Waals surface area contributed by atoms with Crippen LogP contribution in [0.25, 0.3) is 0 Å². The summed E-state index contributed by atoms with van der Waals surface area (Å²) in [5.41, 5.74) is 1.27. The van der Waals surface area contributed by atoms with E-state index in [1.807, 2.05) is 30.3 Å². The number of amides is 1. The Labute approximate surface area is 134 Å². The molecule has 3 N–H and O–H groups in total. The van der Waals surface area contributed by atoms with E-state index in [2.05, 4.69) is 10.3 Å². The van der Waals surface area contributed by atoms with Gasteiger partial charge in [0, 0.05) is 29.3 Å². The van der Waals surface area contributed by atoms with Crippen molar-refractivity contribution in [3.05, 3.63) is 69.6 Å². The van der Waals surface area contributed by atoms with E-state index >= 15 is 0 Å². The van der Waals surface area contributed by atoms with Gasteiger partial charge in [-0.05, 0) is 31.4 Å². The summed E-state index contributed by atoms with van der Waals surface area (Å²) in [5, 5.41) is 13.4. The normalized spacial score (nSPS) is 16.6. The molecule has 0 radical (unpaired) electrons. The Morgan fingerprint density at radius 1 is 1.30 bits per heavy atom. The smallest absolute Gasteiger partial charge is 0.251 e. The quantitative estimate of drug-likeness (QED) is 0.789. The fourth-order valence-electron chi connectivity index (χ4n) is 2.87. The monoisotopic (exact) mass is 312 g/mol. The van der Waals surface area contributed by atoms with Crippen LogP contribution >= 0.6 is 0 Å². The molecule has 0 saturated heterocycles. The van der Waals surface area contributed by atoms with Gasteiger partial charge < -0.3 is 15.4 Å². The van der Waals surface area contributed by atoms with Gasteiger partial charge in [0.1, 0.15) is 0 Å². The van der Waals surface area contributed by atoms with Gasteiger partial charge >= 0.3 is 0 Å². The summed E-state index contributed by atoms with van der Waals surface area (Å²) >= 11 is 0. The minimum atomic E-state index is -0.593. The van der Waals surface area contributed by atoms with Crippen molar-refractivity contribution in [1.29, 1.82) is 0 Å². The van der Waals surface area contributed by atoms with Gasteiger partial charge in [0.15, 0.2) is 0 Å². The molecule has 2 aromatic rings. The van der Waals surface area contributed by atoms with Crippen molar-refractivity contribution in [2.75, 3.05) is 6.54 Å². The van der Waals surface area contributed by atoms with Gasteiger partial charge in [-0.1, -0.05) is 30.3 Å². The zero-order valence-electron chi connectivity index (χ0n) is 13.0. The average Bonchev–Trinajstić information content (AvgIpc) is 3.33. The second-order valence-corrected chi connectivity index (χ2v) is 6.27. The summed E-state index contributed by atoms with van der Waals surface area (Å²) in [6.07, 6.45) is 1.15. The highest BCUT2D eigenvalue weighted by atomic mass is 16.3. The molecule has 1 saturated carbocycles.